The number of hydrogen-bond donors (Lipinski definition) is 1. The van der Waals surface area contributed by atoms with E-state index in [2.05, 4.69) is 24.1 Å². The Labute approximate surface area is 92.1 Å². The molecular formula is C13H20N2. The monoisotopic (exact) mass is 204 g/mol. The zero-order valence-electron chi connectivity index (χ0n) is 9.45. The second-order valence-electron chi connectivity index (χ2n) is 4.72. The summed E-state index contributed by atoms with van der Waals surface area (Å²) >= 11 is 0. The van der Waals surface area contributed by atoms with Gasteiger partial charge in [-0.15, -0.1) is 0 Å². The molecule has 0 amide bonds. The summed E-state index contributed by atoms with van der Waals surface area (Å²) in [6, 6.07) is 8.32. The Morgan fingerprint density at radius 2 is 2.07 bits per heavy atom. The largest absolute Gasteiger partial charge is 0.399 e. The zero-order valence-corrected chi connectivity index (χ0v) is 9.45. The molecule has 82 valence electrons. The van der Waals surface area contributed by atoms with Crippen molar-refractivity contribution < 1.29 is 0 Å². The van der Waals surface area contributed by atoms with Gasteiger partial charge >= 0.3 is 0 Å². The van der Waals surface area contributed by atoms with Crippen LogP contribution in [0.1, 0.15) is 18.4 Å². The van der Waals surface area contributed by atoms with Crippen LogP contribution in [-0.2, 0) is 6.42 Å². The van der Waals surface area contributed by atoms with Crippen LogP contribution in [0.2, 0.25) is 0 Å². The van der Waals surface area contributed by atoms with E-state index in [0.29, 0.717) is 0 Å². The molecule has 1 unspecified atom stereocenters. The topological polar surface area (TPSA) is 29.3 Å². The van der Waals surface area contributed by atoms with E-state index in [1.54, 1.807) is 0 Å². The van der Waals surface area contributed by atoms with Gasteiger partial charge in [0.1, 0.15) is 0 Å². The predicted molar refractivity (Wildman–Crippen MR) is 64.8 cm³/mol. The lowest BCUT2D eigenvalue weighted by Crippen LogP contribution is -2.32. The van der Waals surface area contributed by atoms with E-state index >= 15 is 0 Å². The highest BCUT2D eigenvalue weighted by Crippen LogP contribution is 2.20. The van der Waals surface area contributed by atoms with Crippen molar-refractivity contribution in [2.24, 2.45) is 5.92 Å². The Morgan fingerprint density at radius 1 is 1.33 bits per heavy atom. The number of hydrogen-bond acceptors (Lipinski definition) is 2. The molecule has 15 heavy (non-hydrogen) atoms. The molecule has 0 aromatic heterocycles. The van der Waals surface area contributed by atoms with E-state index < -0.39 is 0 Å². The highest BCUT2D eigenvalue weighted by molar-refractivity contribution is 5.39. The van der Waals surface area contributed by atoms with Crippen LogP contribution >= 0.6 is 0 Å². The molecule has 1 aromatic carbocycles. The minimum absolute atomic E-state index is 0.826. The van der Waals surface area contributed by atoms with Gasteiger partial charge in [-0.1, -0.05) is 12.1 Å². The number of nitrogens with zero attached hydrogens (tertiary/aromatic N) is 1. The summed E-state index contributed by atoms with van der Waals surface area (Å²) in [4.78, 5) is 2.44. The number of benzene rings is 1. The first kappa shape index (κ1) is 10.5. The van der Waals surface area contributed by atoms with Gasteiger partial charge in [0.05, 0.1) is 0 Å². The molecular weight excluding hydrogens is 184 g/mol. The van der Waals surface area contributed by atoms with Crippen LogP contribution in [0.4, 0.5) is 5.69 Å². The van der Waals surface area contributed by atoms with Crippen LogP contribution in [0.3, 0.4) is 0 Å². The number of likely N-dealkylation sites (tertiary alicyclic amines) is 1. The molecule has 0 radical (unpaired) electrons. The first-order valence-electron chi connectivity index (χ1n) is 5.77. The van der Waals surface area contributed by atoms with Crippen LogP contribution in [0.5, 0.6) is 0 Å². The third kappa shape index (κ3) is 2.96. The number of rotatable bonds is 2. The molecule has 0 spiro atoms. The normalized spacial score (nSPS) is 22.9. The molecule has 1 saturated heterocycles. The highest BCUT2D eigenvalue weighted by atomic mass is 15.1. The molecule has 0 saturated carbocycles. The Morgan fingerprint density at radius 3 is 2.73 bits per heavy atom. The molecule has 1 atom stereocenters. The zero-order chi connectivity index (χ0) is 10.7. The van der Waals surface area contributed by atoms with Crippen LogP contribution in [-0.4, -0.2) is 25.0 Å². The van der Waals surface area contributed by atoms with E-state index in [4.69, 9.17) is 5.73 Å². The SMILES string of the molecule is CN1CCCC(Cc2ccc(N)cc2)C1. The average Bonchev–Trinajstić information content (AvgIpc) is 2.22. The summed E-state index contributed by atoms with van der Waals surface area (Å²) < 4.78 is 0. The Bertz CT molecular complexity index is 305. The van der Waals surface area contributed by atoms with Crippen LogP contribution in [0.15, 0.2) is 24.3 Å². The summed E-state index contributed by atoms with van der Waals surface area (Å²) in [7, 11) is 2.22. The molecule has 1 fully saturated rings. The van der Waals surface area contributed by atoms with Gasteiger partial charge < -0.3 is 10.6 Å². The van der Waals surface area contributed by atoms with Crippen molar-refractivity contribution in [1.82, 2.24) is 4.90 Å². The predicted octanol–water partition coefficient (Wildman–Crippen LogP) is 2.15. The van der Waals surface area contributed by atoms with E-state index in [1.165, 1.54) is 37.9 Å². The summed E-state index contributed by atoms with van der Waals surface area (Å²) in [5.74, 6) is 0.826. The minimum Gasteiger partial charge on any atom is -0.399 e. The first-order valence-corrected chi connectivity index (χ1v) is 5.77. The standard InChI is InChI=1S/C13H20N2/c1-15-8-2-3-12(10-15)9-11-4-6-13(14)7-5-11/h4-7,12H,2-3,8-10,14H2,1H3. The lowest BCUT2D eigenvalue weighted by molar-refractivity contribution is 0.209. The number of nitrogen functional groups attached to an aromatic ring is 1. The molecule has 1 aliphatic heterocycles. The van der Waals surface area contributed by atoms with Gasteiger partial charge in [-0.05, 0) is 56.5 Å². The van der Waals surface area contributed by atoms with Crippen LogP contribution in [0, 0.1) is 5.92 Å². The van der Waals surface area contributed by atoms with Crippen molar-refractivity contribution >= 4 is 5.69 Å². The molecule has 0 aliphatic carbocycles. The van der Waals surface area contributed by atoms with Crippen LogP contribution < -0.4 is 5.73 Å². The third-order valence-corrected chi connectivity index (χ3v) is 3.23. The van der Waals surface area contributed by atoms with Crippen molar-refractivity contribution in [3.63, 3.8) is 0 Å². The quantitative estimate of drug-likeness (QED) is 0.748. The van der Waals surface area contributed by atoms with Gasteiger partial charge in [-0.25, -0.2) is 0 Å². The van der Waals surface area contributed by atoms with Crippen molar-refractivity contribution in [2.75, 3.05) is 25.9 Å². The number of piperidine rings is 1. The second kappa shape index (κ2) is 4.67. The summed E-state index contributed by atoms with van der Waals surface area (Å²) in [5.41, 5.74) is 7.96. The van der Waals surface area contributed by atoms with Crippen molar-refractivity contribution in [2.45, 2.75) is 19.3 Å². The smallest absolute Gasteiger partial charge is 0.0314 e. The lowest BCUT2D eigenvalue weighted by atomic mass is 9.91. The fourth-order valence-electron chi connectivity index (χ4n) is 2.43. The number of anilines is 1. The first-order chi connectivity index (χ1) is 7.24. The van der Waals surface area contributed by atoms with Gasteiger partial charge in [0.15, 0.2) is 0 Å². The van der Waals surface area contributed by atoms with Crippen LogP contribution in [0.25, 0.3) is 0 Å². The Balaban J connectivity index is 1.93. The van der Waals surface area contributed by atoms with E-state index in [9.17, 15) is 0 Å². The highest BCUT2D eigenvalue weighted by Gasteiger charge is 2.17. The van der Waals surface area contributed by atoms with Gasteiger partial charge in [-0.2, -0.15) is 0 Å². The van der Waals surface area contributed by atoms with E-state index in [0.717, 1.165) is 11.6 Å². The molecule has 2 heteroatoms. The second-order valence-corrected chi connectivity index (χ2v) is 4.72. The maximum Gasteiger partial charge on any atom is 0.0314 e. The Hall–Kier alpha value is -1.02. The number of nitrogens with two attached hydrogens (primary N) is 1. The van der Waals surface area contributed by atoms with Gasteiger partial charge in [-0.3, -0.25) is 0 Å². The maximum atomic E-state index is 5.67. The molecule has 2 nitrogen and oxygen atoms in total. The molecule has 0 bridgehead atoms. The van der Waals surface area contributed by atoms with Gasteiger partial charge in [0.2, 0.25) is 0 Å². The third-order valence-electron chi connectivity index (χ3n) is 3.23. The van der Waals surface area contributed by atoms with Gasteiger partial charge in [0.25, 0.3) is 0 Å². The molecule has 1 heterocycles. The Kier molecular flexibility index (Phi) is 3.27. The molecule has 2 rings (SSSR count). The summed E-state index contributed by atoms with van der Waals surface area (Å²) in [6.45, 7) is 2.50. The van der Waals surface area contributed by atoms with E-state index in [1.807, 2.05) is 12.1 Å². The molecule has 1 aliphatic rings. The summed E-state index contributed by atoms with van der Waals surface area (Å²) in [5, 5.41) is 0. The van der Waals surface area contributed by atoms with Crippen molar-refractivity contribution in [1.29, 1.82) is 0 Å². The maximum absolute atomic E-state index is 5.67. The van der Waals surface area contributed by atoms with Crippen molar-refractivity contribution in [3.05, 3.63) is 29.8 Å². The average molecular weight is 204 g/mol. The fourth-order valence-corrected chi connectivity index (χ4v) is 2.43. The molecule has 2 N–H and O–H groups in total. The summed E-state index contributed by atoms with van der Waals surface area (Å²) in [6.07, 6.45) is 3.91. The molecule has 1 aromatic rings. The minimum atomic E-state index is 0.826. The van der Waals surface area contributed by atoms with Crippen molar-refractivity contribution in [3.8, 4) is 0 Å². The lowest BCUT2D eigenvalue weighted by Gasteiger charge is -2.29. The fraction of sp³-hybridized carbons (Fsp3) is 0.538. The van der Waals surface area contributed by atoms with Gasteiger partial charge in [0, 0.05) is 12.2 Å². The van der Waals surface area contributed by atoms with E-state index in [-0.39, 0.29) is 0 Å².